The highest BCUT2D eigenvalue weighted by Gasteiger charge is 2.10. The van der Waals surface area contributed by atoms with Crippen LogP contribution in [0, 0.1) is 0 Å². The second-order valence-electron chi connectivity index (χ2n) is 5.22. The van der Waals surface area contributed by atoms with Gasteiger partial charge in [0.1, 0.15) is 0 Å². The Labute approximate surface area is 128 Å². The number of anilines is 3. The van der Waals surface area contributed by atoms with E-state index in [0.717, 1.165) is 27.7 Å². The topological polar surface area (TPSA) is 93.1 Å². The molecule has 3 rings (SSSR count). The van der Waals surface area contributed by atoms with Crippen LogP contribution >= 0.6 is 0 Å². The van der Waals surface area contributed by atoms with Gasteiger partial charge in [0.05, 0.1) is 5.52 Å². The van der Waals surface area contributed by atoms with E-state index in [2.05, 4.69) is 32.4 Å². The molecule has 0 saturated carbocycles. The fourth-order valence-corrected chi connectivity index (χ4v) is 2.53. The van der Waals surface area contributed by atoms with Gasteiger partial charge in [0, 0.05) is 30.7 Å². The highest BCUT2D eigenvalue weighted by atomic mass is 15.3. The highest BCUT2D eigenvalue weighted by molar-refractivity contribution is 5.94. The van der Waals surface area contributed by atoms with Gasteiger partial charge in [0.2, 0.25) is 5.95 Å². The van der Waals surface area contributed by atoms with Crippen LogP contribution in [0.5, 0.6) is 0 Å². The Morgan fingerprint density at radius 2 is 1.82 bits per heavy atom. The lowest BCUT2D eigenvalue weighted by Crippen LogP contribution is -2.11. The fourth-order valence-electron chi connectivity index (χ4n) is 2.53. The molecule has 6 nitrogen and oxygen atoms in total. The highest BCUT2D eigenvalue weighted by Crippen LogP contribution is 2.32. The summed E-state index contributed by atoms with van der Waals surface area (Å²) in [5.41, 5.74) is 12.4. The van der Waals surface area contributed by atoms with Crippen LogP contribution in [0.4, 0.5) is 17.5 Å². The molecule has 6 heteroatoms. The second-order valence-corrected chi connectivity index (χ2v) is 5.22. The number of fused-ring (bicyclic) bond motifs is 1. The molecular formula is C16H18N6. The van der Waals surface area contributed by atoms with Gasteiger partial charge in [-0.05, 0) is 23.8 Å². The summed E-state index contributed by atoms with van der Waals surface area (Å²) in [6.07, 6.45) is 0. The standard InChI is InChI=1S/C16H18N6/c1-22(2)14-6-4-3-5-11(14)10-7-8-13-12(9-10)15(21-18)20-16(17)19-13/h3-9H,18H2,1-2H3,(H3,17,19,20,21). The minimum absolute atomic E-state index is 0.196. The molecule has 0 amide bonds. The number of aromatic nitrogens is 2. The van der Waals surface area contributed by atoms with E-state index in [1.807, 2.05) is 44.4 Å². The van der Waals surface area contributed by atoms with Crippen LogP contribution < -0.4 is 21.9 Å². The van der Waals surface area contributed by atoms with Gasteiger partial charge in [-0.15, -0.1) is 0 Å². The molecule has 0 unspecified atom stereocenters. The van der Waals surface area contributed by atoms with Gasteiger partial charge in [-0.1, -0.05) is 24.3 Å². The van der Waals surface area contributed by atoms with Crippen molar-refractivity contribution >= 4 is 28.4 Å². The minimum atomic E-state index is 0.196. The smallest absolute Gasteiger partial charge is 0.222 e. The van der Waals surface area contributed by atoms with Crippen LogP contribution in [-0.4, -0.2) is 24.1 Å². The molecule has 0 aliphatic rings. The van der Waals surface area contributed by atoms with E-state index in [0.29, 0.717) is 5.82 Å². The van der Waals surface area contributed by atoms with E-state index >= 15 is 0 Å². The molecule has 5 N–H and O–H groups in total. The normalized spacial score (nSPS) is 10.7. The average molecular weight is 294 g/mol. The molecule has 0 saturated heterocycles. The molecule has 2 aromatic carbocycles. The third-order valence-corrected chi connectivity index (χ3v) is 3.55. The van der Waals surface area contributed by atoms with Crippen LogP contribution in [0.3, 0.4) is 0 Å². The summed E-state index contributed by atoms with van der Waals surface area (Å²) >= 11 is 0. The number of nitrogens with one attached hydrogen (secondary N) is 1. The van der Waals surface area contributed by atoms with Crippen LogP contribution in [0.25, 0.3) is 22.0 Å². The molecule has 22 heavy (non-hydrogen) atoms. The Bertz CT molecular complexity index is 828. The van der Waals surface area contributed by atoms with Crippen molar-refractivity contribution in [2.45, 2.75) is 0 Å². The molecule has 0 aliphatic heterocycles. The molecule has 0 bridgehead atoms. The number of rotatable bonds is 3. The first-order valence-electron chi connectivity index (χ1n) is 6.91. The van der Waals surface area contributed by atoms with Crippen molar-refractivity contribution in [3.63, 3.8) is 0 Å². The number of hydrogen-bond acceptors (Lipinski definition) is 6. The van der Waals surface area contributed by atoms with Gasteiger partial charge in [-0.25, -0.2) is 10.8 Å². The van der Waals surface area contributed by atoms with E-state index in [1.165, 1.54) is 0 Å². The van der Waals surface area contributed by atoms with E-state index in [-0.39, 0.29) is 5.95 Å². The van der Waals surface area contributed by atoms with Crippen LogP contribution in [0.1, 0.15) is 0 Å². The van der Waals surface area contributed by atoms with E-state index in [9.17, 15) is 0 Å². The lowest BCUT2D eigenvalue weighted by Gasteiger charge is -2.18. The average Bonchev–Trinajstić information content (AvgIpc) is 2.53. The zero-order chi connectivity index (χ0) is 15.7. The van der Waals surface area contributed by atoms with Gasteiger partial charge >= 0.3 is 0 Å². The Kier molecular flexibility index (Phi) is 3.52. The Morgan fingerprint density at radius 1 is 1.05 bits per heavy atom. The maximum atomic E-state index is 5.69. The number of hydrogen-bond donors (Lipinski definition) is 3. The Morgan fingerprint density at radius 3 is 2.55 bits per heavy atom. The monoisotopic (exact) mass is 294 g/mol. The molecule has 3 aromatic rings. The molecule has 1 heterocycles. The molecule has 0 atom stereocenters. The third-order valence-electron chi connectivity index (χ3n) is 3.55. The van der Waals surface area contributed by atoms with Crippen LogP contribution in [0.2, 0.25) is 0 Å². The molecule has 1 aromatic heterocycles. The lowest BCUT2D eigenvalue weighted by atomic mass is 10.0. The number of nitrogens with zero attached hydrogens (tertiary/aromatic N) is 3. The predicted octanol–water partition coefficient (Wildman–Crippen LogP) is 2.23. The third kappa shape index (κ3) is 2.40. The van der Waals surface area contributed by atoms with Crippen molar-refractivity contribution in [1.82, 2.24) is 9.97 Å². The molecule has 0 aliphatic carbocycles. The molecule has 0 radical (unpaired) electrons. The largest absolute Gasteiger partial charge is 0.377 e. The summed E-state index contributed by atoms with van der Waals surface area (Å²) in [5, 5.41) is 0.836. The first-order chi connectivity index (χ1) is 10.6. The number of nitrogen functional groups attached to an aromatic ring is 2. The summed E-state index contributed by atoms with van der Waals surface area (Å²) in [4.78, 5) is 10.5. The second kappa shape index (κ2) is 5.50. The number of hydrazine groups is 1. The van der Waals surface area contributed by atoms with Gasteiger partial charge in [-0.2, -0.15) is 4.98 Å². The maximum Gasteiger partial charge on any atom is 0.222 e. The zero-order valence-electron chi connectivity index (χ0n) is 12.5. The molecule has 0 fully saturated rings. The van der Waals surface area contributed by atoms with Crippen molar-refractivity contribution in [2.75, 3.05) is 30.2 Å². The molecule has 112 valence electrons. The SMILES string of the molecule is CN(C)c1ccccc1-c1ccc2nc(N)nc(NN)c2c1. The predicted molar refractivity (Wildman–Crippen MR) is 91.5 cm³/mol. The van der Waals surface area contributed by atoms with Crippen molar-refractivity contribution in [3.05, 3.63) is 42.5 Å². The quantitative estimate of drug-likeness (QED) is 0.506. The van der Waals surface area contributed by atoms with Gasteiger partial charge in [0.15, 0.2) is 5.82 Å². The maximum absolute atomic E-state index is 5.69. The first kappa shape index (κ1) is 14.1. The summed E-state index contributed by atoms with van der Waals surface area (Å²) < 4.78 is 0. The van der Waals surface area contributed by atoms with Crippen molar-refractivity contribution in [2.24, 2.45) is 5.84 Å². The van der Waals surface area contributed by atoms with E-state index < -0.39 is 0 Å². The summed E-state index contributed by atoms with van der Waals surface area (Å²) in [7, 11) is 4.05. The summed E-state index contributed by atoms with van der Waals surface area (Å²) in [5.74, 6) is 6.26. The van der Waals surface area contributed by atoms with E-state index in [4.69, 9.17) is 11.6 Å². The van der Waals surface area contributed by atoms with Crippen molar-refractivity contribution in [3.8, 4) is 11.1 Å². The fraction of sp³-hybridized carbons (Fsp3) is 0.125. The first-order valence-corrected chi connectivity index (χ1v) is 6.91. The Balaban J connectivity index is 2.23. The van der Waals surface area contributed by atoms with Gasteiger partial charge in [-0.3, -0.25) is 0 Å². The molecular weight excluding hydrogens is 276 g/mol. The summed E-state index contributed by atoms with van der Waals surface area (Å²) in [6.45, 7) is 0. The minimum Gasteiger partial charge on any atom is -0.377 e. The van der Waals surface area contributed by atoms with Crippen LogP contribution in [-0.2, 0) is 0 Å². The van der Waals surface area contributed by atoms with Gasteiger partial charge in [0.25, 0.3) is 0 Å². The number of benzene rings is 2. The lowest BCUT2D eigenvalue weighted by molar-refractivity contribution is 1.13. The summed E-state index contributed by atoms with van der Waals surface area (Å²) in [6, 6.07) is 14.2. The van der Waals surface area contributed by atoms with Crippen LogP contribution in [0.15, 0.2) is 42.5 Å². The van der Waals surface area contributed by atoms with Crippen molar-refractivity contribution < 1.29 is 0 Å². The van der Waals surface area contributed by atoms with Gasteiger partial charge < -0.3 is 16.1 Å². The van der Waals surface area contributed by atoms with E-state index in [1.54, 1.807) is 0 Å². The number of nitrogens with two attached hydrogens (primary N) is 2. The zero-order valence-corrected chi connectivity index (χ0v) is 12.5. The number of para-hydroxylation sites is 1. The Hall–Kier alpha value is -2.86. The van der Waals surface area contributed by atoms with Crippen molar-refractivity contribution in [1.29, 1.82) is 0 Å². The molecule has 0 spiro atoms.